The minimum atomic E-state index is -1.09. The van der Waals surface area contributed by atoms with Crippen LogP contribution >= 0.6 is 12.2 Å². The topological polar surface area (TPSA) is 78.8 Å². The number of nitrogens with one attached hydrogen (secondary N) is 1. The number of carbonyl (C=O) groups excluding carboxylic acids is 3. The summed E-state index contributed by atoms with van der Waals surface area (Å²) in [6.07, 6.45) is 1.30. The second-order valence-electron chi connectivity index (χ2n) is 6.16. The van der Waals surface area contributed by atoms with Crippen LogP contribution in [0.5, 0.6) is 0 Å². The number of hydrogen-bond acceptors (Lipinski definition) is 5. The molecule has 0 spiro atoms. The van der Waals surface area contributed by atoms with E-state index >= 15 is 0 Å². The van der Waals surface area contributed by atoms with Crippen molar-refractivity contribution in [2.45, 2.75) is 13.8 Å². The Labute approximate surface area is 161 Å². The highest BCUT2D eigenvalue weighted by atomic mass is 32.1. The highest BCUT2D eigenvalue weighted by molar-refractivity contribution is 7.80. The normalized spacial score (nSPS) is 17.3. The Hall–Kier alpha value is -3.19. The van der Waals surface area contributed by atoms with Gasteiger partial charge in [-0.05, 0) is 62.5 Å². The first kappa shape index (κ1) is 18.6. The maximum atomic E-state index is 12.8. The maximum absolute atomic E-state index is 12.8. The number of anilines is 1. The SMILES string of the molecule is CC(=O)c1ccc(N=C[C@@H]2C(=O)NC(=S)N(c3ccc(C)cc3)C2=O)cc1. The molecule has 0 unspecified atom stereocenters. The van der Waals surface area contributed by atoms with Crippen molar-refractivity contribution in [2.24, 2.45) is 10.9 Å². The van der Waals surface area contributed by atoms with E-state index in [1.165, 1.54) is 18.0 Å². The molecule has 1 atom stereocenters. The summed E-state index contributed by atoms with van der Waals surface area (Å²) in [6.45, 7) is 3.42. The summed E-state index contributed by atoms with van der Waals surface area (Å²) in [5.41, 5.74) is 2.73. The van der Waals surface area contributed by atoms with Crippen LogP contribution in [0.2, 0.25) is 0 Å². The molecule has 27 heavy (non-hydrogen) atoms. The Morgan fingerprint density at radius 2 is 1.74 bits per heavy atom. The van der Waals surface area contributed by atoms with Gasteiger partial charge in [-0.1, -0.05) is 17.7 Å². The van der Waals surface area contributed by atoms with Gasteiger partial charge in [0.15, 0.2) is 16.8 Å². The maximum Gasteiger partial charge on any atom is 0.251 e. The number of Topliss-reactive ketones (excluding diaryl/α,β-unsaturated/α-hetero) is 1. The van der Waals surface area contributed by atoms with Crippen LogP contribution in [0, 0.1) is 12.8 Å². The van der Waals surface area contributed by atoms with Crippen LogP contribution in [0.25, 0.3) is 0 Å². The summed E-state index contributed by atoms with van der Waals surface area (Å²) in [7, 11) is 0. The molecule has 6 nitrogen and oxygen atoms in total. The second kappa shape index (κ2) is 7.59. The van der Waals surface area contributed by atoms with E-state index in [9.17, 15) is 14.4 Å². The van der Waals surface area contributed by atoms with Crippen LogP contribution in [0.3, 0.4) is 0 Å². The fraction of sp³-hybridized carbons (Fsp3) is 0.150. The lowest BCUT2D eigenvalue weighted by atomic mass is 10.1. The number of carbonyl (C=O) groups is 3. The lowest BCUT2D eigenvalue weighted by molar-refractivity contribution is -0.130. The van der Waals surface area contributed by atoms with Crippen molar-refractivity contribution in [2.75, 3.05) is 4.90 Å². The summed E-state index contributed by atoms with van der Waals surface area (Å²) >= 11 is 5.16. The van der Waals surface area contributed by atoms with Gasteiger partial charge in [0.25, 0.3) is 5.91 Å². The summed E-state index contributed by atoms with van der Waals surface area (Å²) in [5, 5.41) is 2.59. The van der Waals surface area contributed by atoms with Gasteiger partial charge < -0.3 is 5.32 Å². The molecular weight excluding hydrogens is 362 g/mol. The summed E-state index contributed by atoms with van der Waals surface area (Å²) in [4.78, 5) is 41.9. The van der Waals surface area contributed by atoms with Crippen LogP contribution in [0.1, 0.15) is 22.8 Å². The van der Waals surface area contributed by atoms with Gasteiger partial charge in [0.05, 0.1) is 11.4 Å². The summed E-state index contributed by atoms with van der Waals surface area (Å²) in [5.74, 6) is -2.12. The second-order valence-corrected chi connectivity index (χ2v) is 6.55. The van der Waals surface area contributed by atoms with Gasteiger partial charge >= 0.3 is 0 Å². The molecule has 136 valence electrons. The van der Waals surface area contributed by atoms with Gasteiger partial charge in [-0.3, -0.25) is 24.3 Å². The Morgan fingerprint density at radius 1 is 1.11 bits per heavy atom. The van der Waals surface area contributed by atoms with E-state index in [1.807, 2.05) is 19.1 Å². The number of hydrogen-bond donors (Lipinski definition) is 1. The molecule has 1 saturated heterocycles. The van der Waals surface area contributed by atoms with E-state index in [4.69, 9.17) is 12.2 Å². The van der Waals surface area contributed by atoms with Gasteiger partial charge in [0, 0.05) is 11.8 Å². The van der Waals surface area contributed by atoms with Crippen molar-refractivity contribution in [3.05, 3.63) is 59.7 Å². The molecule has 1 fully saturated rings. The van der Waals surface area contributed by atoms with E-state index in [0.717, 1.165) is 5.56 Å². The standard InChI is InChI=1S/C20H17N3O3S/c1-12-3-9-16(10-4-12)23-19(26)17(18(25)22-20(23)27)11-21-15-7-5-14(6-8-15)13(2)24/h3-11,17H,1-2H3,(H,22,25,27)/t17-/m1/s1. The fourth-order valence-corrected chi connectivity index (χ4v) is 2.90. The Morgan fingerprint density at radius 3 is 2.33 bits per heavy atom. The van der Waals surface area contributed by atoms with Gasteiger partial charge in [-0.25, -0.2) is 0 Å². The van der Waals surface area contributed by atoms with E-state index in [2.05, 4.69) is 10.3 Å². The number of amides is 2. The molecule has 2 aromatic rings. The monoisotopic (exact) mass is 379 g/mol. The van der Waals surface area contributed by atoms with E-state index < -0.39 is 17.7 Å². The van der Waals surface area contributed by atoms with Gasteiger partial charge in [-0.2, -0.15) is 0 Å². The molecule has 1 N–H and O–H groups in total. The van der Waals surface area contributed by atoms with Crippen molar-refractivity contribution < 1.29 is 14.4 Å². The first-order valence-corrected chi connectivity index (χ1v) is 8.68. The Kier molecular flexibility index (Phi) is 5.23. The minimum absolute atomic E-state index is 0.0457. The molecule has 0 aliphatic carbocycles. The molecule has 0 radical (unpaired) electrons. The van der Waals surface area contributed by atoms with Crippen LogP contribution < -0.4 is 10.2 Å². The van der Waals surface area contributed by atoms with E-state index in [-0.39, 0.29) is 10.9 Å². The van der Waals surface area contributed by atoms with Crippen LogP contribution in [0.15, 0.2) is 53.5 Å². The molecule has 3 rings (SSSR count). The molecule has 2 aromatic carbocycles. The van der Waals surface area contributed by atoms with Gasteiger partial charge in [0.1, 0.15) is 0 Å². The number of aryl methyl sites for hydroxylation is 1. The van der Waals surface area contributed by atoms with Crippen molar-refractivity contribution in [1.29, 1.82) is 0 Å². The molecule has 2 amide bonds. The first-order chi connectivity index (χ1) is 12.9. The third-order valence-electron chi connectivity index (χ3n) is 4.14. The van der Waals surface area contributed by atoms with Crippen LogP contribution in [0.4, 0.5) is 11.4 Å². The molecule has 0 aromatic heterocycles. The number of ketones is 1. The average Bonchev–Trinajstić information content (AvgIpc) is 2.63. The van der Waals surface area contributed by atoms with Gasteiger partial charge in [-0.15, -0.1) is 0 Å². The largest absolute Gasteiger partial charge is 0.301 e. The molecule has 0 saturated carbocycles. The number of benzene rings is 2. The molecule has 1 aliphatic heterocycles. The predicted octanol–water partition coefficient (Wildman–Crippen LogP) is 2.96. The zero-order valence-electron chi connectivity index (χ0n) is 14.8. The van der Waals surface area contributed by atoms with Crippen molar-refractivity contribution in [1.82, 2.24) is 5.32 Å². The highest BCUT2D eigenvalue weighted by Crippen LogP contribution is 2.21. The van der Waals surface area contributed by atoms with E-state index in [0.29, 0.717) is 16.9 Å². The summed E-state index contributed by atoms with van der Waals surface area (Å²) < 4.78 is 0. The number of rotatable bonds is 4. The fourth-order valence-electron chi connectivity index (χ4n) is 2.60. The number of thiocarbonyl (C=S) groups is 1. The minimum Gasteiger partial charge on any atom is -0.301 e. The molecular formula is C20H17N3O3S. The Bertz CT molecular complexity index is 949. The quantitative estimate of drug-likeness (QED) is 0.383. The average molecular weight is 379 g/mol. The predicted molar refractivity (Wildman–Crippen MR) is 107 cm³/mol. The van der Waals surface area contributed by atoms with Gasteiger partial charge in [0.2, 0.25) is 5.91 Å². The van der Waals surface area contributed by atoms with Crippen molar-refractivity contribution in [3.63, 3.8) is 0 Å². The number of nitrogens with zero attached hydrogens (tertiary/aromatic N) is 2. The zero-order chi connectivity index (χ0) is 19.6. The number of aliphatic imine (C=N–C) groups is 1. The van der Waals surface area contributed by atoms with Crippen LogP contribution in [-0.2, 0) is 9.59 Å². The Balaban J connectivity index is 1.84. The zero-order valence-corrected chi connectivity index (χ0v) is 15.6. The van der Waals surface area contributed by atoms with Crippen molar-refractivity contribution in [3.8, 4) is 0 Å². The molecule has 1 heterocycles. The summed E-state index contributed by atoms with van der Waals surface area (Å²) in [6, 6.07) is 13.9. The highest BCUT2D eigenvalue weighted by Gasteiger charge is 2.38. The lowest BCUT2D eigenvalue weighted by Crippen LogP contribution is -2.58. The third-order valence-corrected chi connectivity index (χ3v) is 4.43. The smallest absolute Gasteiger partial charge is 0.251 e. The van der Waals surface area contributed by atoms with E-state index in [1.54, 1.807) is 36.4 Å². The molecule has 1 aliphatic rings. The lowest BCUT2D eigenvalue weighted by Gasteiger charge is -2.30. The third kappa shape index (κ3) is 3.98. The van der Waals surface area contributed by atoms with Crippen molar-refractivity contribution >= 4 is 52.5 Å². The first-order valence-electron chi connectivity index (χ1n) is 8.27. The molecule has 7 heteroatoms. The van der Waals surface area contributed by atoms with Crippen LogP contribution in [-0.4, -0.2) is 28.9 Å². The molecule has 0 bridgehead atoms.